The Labute approximate surface area is 177 Å². The van der Waals surface area contributed by atoms with Gasteiger partial charge in [0, 0.05) is 0 Å². The fourth-order valence-corrected chi connectivity index (χ4v) is 2.84. The molecule has 0 aliphatic carbocycles. The summed E-state index contributed by atoms with van der Waals surface area (Å²) in [5.41, 5.74) is 0.316. The van der Waals surface area contributed by atoms with Crippen LogP contribution in [0.5, 0.6) is 17.4 Å². The van der Waals surface area contributed by atoms with Gasteiger partial charge < -0.3 is 14.2 Å². The molecule has 1 aromatic heterocycles. The summed E-state index contributed by atoms with van der Waals surface area (Å²) in [6.07, 6.45) is -4.50. The van der Waals surface area contributed by atoms with Crippen LogP contribution in [-0.4, -0.2) is 24.4 Å². The van der Waals surface area contributed by atoms with Crippen molar-refractivity contribution in [2.75, 3.05) is 13.2 Å². The van der Waals surface area contributed by atoms with Gasteiger partial charge in [-0.3, -0.25) is 0 Å². The monoisotopic (exact) mass is 435 g/mol. The number of alkyl halides is 3. The summed E-state index contributed by atoms with van der Waals surface area (Å²) < 4.78 is 70.6. The normalized spacial score (nSPS) is 12.4. The lowest BCUT2D eigenvalue weighted by Crippen LogP contribution is -2.25. The highest BCUT2D eigenvalue weighted by Gasteiger charge is 2.40. The van der Waals surface area contributed by atoms with E-state index in [-0.39, 0.29) is 23.7 Å². The van der Waals surface area contributed by atoms with Crippen molar-refractivity contribution in [2.45, 2.75) is 25.6 Å². The van der Waals surface area contributed by atoms with Crippen LogP contribution in [-0.2, 0) is 11.3 Å². The molecule has 1 heterocycles. The van der Waals surface area contributed by atoms with E-state index >= 15 is 0 Å². The Hall–Kier alpha value is -3.13. The molecular formula is C23H21F4NO3. The lowest BCUT2D eigenvalue weighted by atomic mass is 9.99. The third-order valence-corrected chi connectivity index (χ3v) is 4.35. The first kappa shape index (κ1) is 22.6. The summed E-state index contributed by atoms with van der Waals surface area (Å²) in [4.78, 5) is 4.01. The lowest BCUT2D eigenvalue weighted by Gasteiger charge is -2.21. The van der Waals surface area contributed by atoms with Gasteiger partial charge in [-0.05, 0) is 48.9 Å². The summed E-state index contributed by atoms with van der Waals surface area (Å²) in [5.74, 6) is -1.89. The summed E-state index contributed by atoms with van der Waals surface area (Å²) in [7, 11) is 0. The summed E-state index contributed by atoms with van der Waals surface area (Å²) >= 11 is 0. The molecule has 0 amide bonds. The maximum Gasteiger partial charge on any atom is 0.397 e. The second-order valence-corrected chi connectivity index (χ2v) is 6.62. The number of halogens is 4. The van der Waals surface area contributed by atoms with Gasteiger partial charge in [0.2, 0.25) is 0 Å². The van der Waals surface area contributed by atoms with Crippen LogP contribution in [0.25, 0.3) is 0 Å². The predicted octanol–water partition coefficient (Wildman–Crippen LogP) is 6.27. The largest absolute Gasteiger partial charge is 0.494 e. The first-order valence-electron chi connectivity index (χ1n) is 9.62. The molecule has 1 unspecified atom stereocenters. The van der Waals surface area contributed by atoms with Gasteiger partial charge in [0.25, 0.3) is 5.88 Å². The molecule has 0 saturated heterocycles. The molecule has 2 aromatic carbocycles. The van der Waals surface area contributed by atoms with Gasteiger partial charge in [-0.2, -0.15) is 13.2 Å². The third kappa shape index (κ3) is 6.42. The molecule has 3 rings (SSSR count). The van der Waals surface area contributed by atoms with Crippen molar-refractivity contribution >= 4 is 0 Å². The van der Waals surface area contributed by atoms with Gasteiger partial charge in [0.15, 0.2) is 5.82 Å². The van der Waals surface area contributed by atoms with E-state index in [2.05, 4.69) is 4.98 Å². The molecule has 1 atom stereocenters. The highest BCUT2D eigenvalue weighted by molar-refractivity contribution is 5.31. The zero-order valence-corrected chi connectivity index (χ0v) is 16.7. The molecule has 0 radical (unpaired) electrons. The van der Waals surface area contributed by atoms with Gasteiger partial charge in [-0.1, -0.05) is 30.3 Å². The van der Waals surface area contributed by atoms with Crippen molar-refractivity contribution in [1.82, 2.24) is 4.98 Å². The van der Waals surface area contributed by atoms with Crippen molar-refractivity contribution in [1.29, 1.82) is 0 Å². The van der Waals surface area contributed by atoms with Crippen LogP contribution in [0.3, 0.4) is 0 Å². The average Bonchev–Trinajstić information content (AvgIpc) is 2.74. The van der Waals surface area contributed by atoms with Crippen LogP contribution in [0, 0.1) is 5.82 Å². The van der Waals surface area contributed by atoms with Gasteiger partial charge in [0.1, 0.15) is 17.4 Å². The number of aromatic nitrogens is 1. The van der Waals surface area contributed by atoms with Crippen molar-refractivity contribution < 1.29 is 31.8 Å². The number of pyridine rings is 1. The van der Waals surface area contributed by atoms with Crippen molar-refractivity contribution in [3.8, 4) is 17.4 Å². The van der Waals surface area contributed by atoms with Crippen molar-refractivity contribution in [2.24, 2.45) is 0 Å². The number of para-hydroxylation sites is 1. The Kier molecular flexibility index (Phi) is 7.46. The minimum absolute atomic E-state index is 0.0659. The Morgan fingerprint density at radius 2 is 1.61 bits per heavy atom. The molecule has 4 nitrogen and oxygen atoms in total. The minimum atomic E-state index is -4.50. The molecule has 0 saturated carbocycles. The van der Waals surface area contributed by atoms with Crippen molar-refractivity contribution in [3.63, 3.8) is 0 Å². The Balaban J connectivity index is 1.65. The van der Waals surface area contributed by atoms with E-state index in [9.17, 15) is 17.6 Å². The van der Waals surface area contributed by atoms with Crippen LogP contribution in [0.15, 0.2) is 66.7 Å². The van der Waals surface area contributed by atoms with Crippen LogP contribution in [0.1, 0.15) is 24.1 Å². The highest BCUT2D eigenvalue weighted by Crippen LogP contribution is 2.36. The standard InChI is InChI=1S/C23H21F4NO3/c1-2-30-18-11-8-16(9-12-18)20(23(25,26)27)15-29-14-17-10-13-21(24)22(28-17)31-19-6-4-3-5-7-19/h3-13,20H,2,14-15H2,1H3. The quantitative estimate of drug-likeness (QED) is 0.371. The molecular weight excluding hydrogens is 414 g/mol. The second kappa shape index (κ2) is 10.3. The Bertz CT molecular complexity index is 963. The van der Waals surface area contributed by atoms with Crippen LogP contribution < -0.4 is 9.47 Å². The zero-order chi connectivity index (χ0) is 22.3. The number of nitrogens with zero attached hydrogens (tertiary/aromatic N) is 1. The number of rotatable bonds is 9. The maximum atomic E-state index is 14.0. The second-order valence-electron chi connectivity index (χ2n) is 6.62. The van der Waals surface area contributed by atoms with Gasteiger partial charge in [0.05, 0.1) is 25.5 Å². The first-order chi connectivity index (χ1) is 14.9. The van der Waals surface area contributed by atoms with Gasteiger partial charge in [-0.15, -0.1) is 0 Å². The average molecular weight is 435 g/mol. The summed E-state index contributed by atoms with van der Waals surface area (Å²) in [6, 6.07) is 16.7. The summed E-state index contributed by atoms with van der Waals surface area (Å²) in [6.45, 7) is 1.38. The van der Waals surface area contributed by atoms with Crippen LogP contribution in [0.4, 0.5) is 17.6 Å². The fraction of sp³-hybridized carbons (Fsp3) is 0.261. The van der Waals surface area contributed by atoms with Crippen LogP contribution in [0.2, 0.25) is 0 Å². The fourth-order valence-electron chi connectivity index (χ4n) is 2.84. The molecule has 0 fully saturated rings. The van der Waals surface area contributed by atoms with E-state index < -0.39 is 24.5 Å². The molecule has 0 aliphatic rings. The van der Waals surface area contributed by atoms with E-state index in [1.807, 2.05) is 0 Å². The molecule has 0 aliphatic heterocycles. The molecule has 0 bridgehead atoms. The molecule has 0 spiro atoms. The number of benzene rings is 2. The van der Waals surface area contributed by atoms with Gasteiger partial charge >= 0.3 is 6.18 Å². The number of hydrogen-bond acceptors (Lipinski definition) is 4. The number of hydrogen-bond donors (Lipinski definition) is 0. The maximum absolute atomic E-state index is 14.0. The van der Waals surface area contributed by atoms with Crippen LogP contribution >= 0.6 is 0 Å². The van der Waals surface area contributed by atoms with Crippen molar-refractivity contribution in [3.05, 3.63) is 83.8 Å². The smallest absolute Gasteiger partial charge is 0.397 e. The lowest BCUT2D eigenvalue weighted by molar-refractivity contribution is -0.163. The Morgan fingerprint density at radius 1 is 0.903 bits per heavy atom. The van der Waals surface area contributed by atoms with E-state index in [0.29, 0.717) is 18.1 Å². The zero-order valence-electron chi connectivity index (χ0n) is 16.7. The van der Waals surface area contributed by atoms with E-state index in [4.69, 9.17) is 14.2 Å². The molecule has 164 valence electrons. The number of ether oxygens (including phenoxy) is 3. The summed E-state index contributed by atoms with van der Waals surface area (Å²) in [5, 5.41) is 0. The topological polar surface area (TPSA) is 40.6 Å². The first-order valence-corrected chi connectivity index (χ1v) is 9.62. The molecule has 8 heteroatoms. The van der Waals surface area contributed by atoms with E-state index in [0.717, 1.165) is 6.07 Å². The molecule has 3 aromatic rings. The molecule has 0 N–H and O–H groups in total. The predicted molar refractivity (Wildman–Crippen MR) is 107 cm³/mol. The minimum Gasteiger partial charge on any atom is -0.494 e. The molecule has 31 heavy (non-hydrogen) atoms. The SMILES string of the molecule is CCOc1ccc(C(COCc2ccc(F)c(Oc3ccccc3)n2)C(F)(F)F)cc1. The highest BCUT2D eigenvalue weighted by atomic mass is 19.4. The Morgan fingerprint density at radius 3 is 2.26 bits per heavy atom. The third-order valence-electron chi connectivity index (χ3n) is 4.35. The van der Waals surface area contributed by atoms with E-state index in [1.165, 1.54) is 30.3 Å². The van der Waals surface area contributed by atoms with E-state index in [1.54, 1.807) is 37.3 Å². The van der Waals surface area contributed by atoms with Gasteiger partial charge in [-0.25, -0.2) is 9.37 Å².